The van der Waals surface area contributed by atoms with Crippen LogP contribution in [-0.2, 0) is 14.3 Å². The molecule has 7 heteroatoms. The number of nitrogens with zero attached hydrogens (tertiary/aromatic N) is 1. The molecule has 0 aliphatic carbocycles. The summed E-state index contributed by atoms with van der Waals surface area (Å²) in [5.41, 5.74) is -0.134. The summed E-state index contributed by atoms with van der Waals surface area (Å²) in [5.74, 6) is -1.90. The van der Waals surface area contributed by atoms with E-state index in [1.165, 1.54) is 24.1 Å². The van der Waals surface area contributed by atoms with E-state index in [1.807, 2.05) is 0 Å². The highest BCUT2D eigenvalue weighted by molar-refractivity contribution is 6.30. The average molecular weight is 302 g/mol. The summed E-state index contributed by atoms with van der Waals surface area (Å²) in [7, 11) is 1.22. The van der Waals surface area contributed by atoms with Crippen molar-refractivity contribution in [2.24, 2.45) is 0 Å². The first kappa shape index (κ1) is 14.7. The van der Waals surface area contributed by atoms with Gasteiger partial charge in [-0.2, -0.15) is 0 Å². The number of benzene rings is 1. The summed E-state index contributed by atoms with van der Waals surface area (Å²) in [4.78, 5) is 25.2. The van der Waals surface area contributed by atoms with E-state index in [0.29, 0.717) is 0 Å². The summed E-state index contributed by atoms with van der Waals surface area (Å²) < 4.78 is 23.6. The largest absolute Gasteiger partial charge is 0.467 e. The highest BCUT2D eigenvalue weighted by atomic mass is 35.5. The molecule has 20 heavy (non-hydrogen) atoms. The molecule has 0 bridgehead atoms. The van der Waals surface area contributed by atoms with Gasteiger partial charge in [-0.15, -0.1) is 0 Å². The van der Waals surface area contributed by atoms with Gasteiger partial charge in [-0.05, 0) is 18.2 Å². The zero-order chi connectivity index (χ0) is 14.7. The first-order chi connectivity index (χ1) is 9.54. The molecule has 0 aromatic heterocycles. The van der Waals surface area contributed by atoms with Crippen LogP contribution in [0.1, 0.15) is 10.4 Å². The summed E-state index contributed by atoms with van der Waals surface area (Å²) in [6.45, 7) is 0.517. The van der Waals surface area contributed by atoms with Crippen LogP contribution >= 0.6 is 11.6 Å². The highest BCUT2D eigenvalue weighted by Crippen LogP contribution is 2.19. The van der Waals surface area contributed by atoms with Crippen LogP contribution in [0.5, 0.6) is 0 Å². The molecule has 1 aromatic carbocycles. The molecule has 0 N–H and O–H groups in total. The third kappa shape index (κ3) is 2.91. The van der Waals surface area contributed by atoms with E-state index in [4.69, 9.17) is 16.3 Å². The Labute approximate surface area is 120 Å². The zero-order valence-electron chi connectivity index (χ0n) is 10.8. The van der Waals surface area contributed by atoms with Crippen LogP contribution in [0.15, 0.2) is 18.2 Å². The van der Waals surface area contributed by atoms with Crippen molar-refractivity contribution in [1.82, 2.24) is 4.90 Å². The lowest BCUT2D eigenvalue weighted by Gasteiger charge is -2.33. The number of rotatable bonds is 2. The smallest absolute Gasteiger partial charge is 0.331 e. The zero-order valence-corrected chi connectivity index (χ0v) is 11.5. The Morgan fingerprint density at radius 3 is 2.90 bits per heavy atom. The number of carbonyl (C=O) groups is 2. The highest BCUT2D eigenvalue weighted by Gasteiger charge is 2.35. The molecule has 0 spiro atoms. The Morgan fingerprint density at radius 1 is 1.50 bits per heavy atom. The second-order valence-electron chi connectivity index (χ2n) is 4.24. The minimum atomic E-state index is -0.865. The molecule has 1 unspecified atom stereocenters. The van der Waals surface area contributed by atoms with E-state index in [-0.39, 0.29) is 30.3 Å². The van der Waals surface area contributed by atoms with Gasteiger partial charge in [0.05, 0.1) is 25.9 Å². The van der Waals surface area contributed by atoms with Crippen LogP contribution in [0.2, 0.25) is 5.02 Å². The quantitative estimate of drug-likeness (QED) is 0.777. The van der Waals surface area contributed by atoms with E-state index in [0.717, 1.165) is 6.07 Å². The molecule has 5 nitrogen and oxygen atoms in total. The predicted molar refractivity (Wildman–Crippen MR) is 69.1 cm³/mol. The Balaban J connectivity index is 2.27. The van der Waals surface area contributed by atoms with Gasteiger partial charge in [0, 0.05) is 11.6 Å². The van der Waals surface area contributed by atoms with Crippen LogP contribution in [0.25, 0.3) is 0 Å². The van der Waals surface area contributed by atoms with E-state index in [9.17, 15) is 14.0 Å². The molecule has 1 atom stereocenters. The molecule has 1 saturated heterocycles. The van der Waals surface area contributed by atoms with E-state index in [2.05, 4.69) is 4.74 Å². The Bertz CT molecular complexity index is 537. The maximum atomic E-state index is 13.8. The minimum Gasteiger partial charge on any atom is -0.467 e. The summed E-state index contributed by atoms with van der Waals surface area (Å²) in [5, 5.41) is 0.200. The fraction of sp³-hybridized carbons (Fsp3) is 0.385. The van der Waals surface area contributed by atoms with Gasteiger partial charge >= 0.3 is 5.97 Å². The van der Waals surface area contributed by atoms with Crippen molar-refractivity contribution < 1.29 is 23.5 Å². The van der Waals surface area contributed by atoms with Gasteiger partial charge in [-0.25, -0.2) is 9.18 Å². The molecule has 1 heterocycles. The molecule has 0 saturated carbocycles. The topological polar surface area (TPSA) is 55.8 Å². The lowest BCUT2D eigenvalue weighted by Crippen LogP contribution is -2.53. The van der Waals surface area contributed by atoms with Gasteiger partial charge in [0.25, 0.3) is 5.91 Å². The molecule has 1 fully saturated rings. The van der Waals surface area contributed by atoms with Crippen LogP contribution in [0.3, 0.4) is 0 Å². The van der Waals surface area contributed by atoms with Crippen LogP contribution < -0.4 is 0 Å². The molecule has 1 aromatic rings. The van der Waals surface area contributed by atoms with Crippen LogP contribution in [0.4, 0.5) is 4.39 Å². The Kier molecular flexibility index (Phi) is 4.57. The van der Waals surface area contributed by atoms with Gasteiger partial charge in [0.1, 0.15) is 5.82 Å². The average Bonchev–Trinajstić information content (AvgIpc) is 2.46. The monoisotopic (exact) mass is 301 g/mol. The maximum Gasteiger partial charge on any atom is 0.331 e. The molecular formula is C13H13ClFNO4. The van der Waals surface area contributed by atoms with Crippen molar-refractivity contribution in [1.29, 1.82) is 0 Å². The van der Waals surface area contributed by atoms with Crippen molar-refractivity contribution in [3.05, 3.63) is 34.6 Å². The van der Waals surface area contributed by atoms with E-state index < -0.39 is 23.7 Å². The third-order valence-corrected chi connectivity index (χ3v) is 3.26. The Hall–Kier alpha value is -1.66. The van der Waals surface area contributed by atoms with Crippen LogP contribution in [0, 0.1) is 5.82 Å². The SMILES string of the molecule is COC(=O)C1COCCN1C(=O)c1ccc(Cl)cc1F. The lowest BCUT2D eigenvalue weighted by molar-refractivity contribution is -0.151. The summed E-state index contributed by atoms with van der Waals surface area (Å²) in [6, 6.07) is 2.91. The number of hydrogen-bond donors (Lipinski definition) is 0. The summed E-state index contributed by atoms with van der Waals surface area (Å²) >= 11 is 5.65. The van der Waals surface area contributed by atoms with E-state index in [1.54, 1.807) is 0 Å². The standard InChI is InChI=1S/C13H13ClFNO4/c1-19-13(18)11-7-20-5-4-16(11)12(17)9-3-2-8(14)6-10(9)15/h2-3,6,11H,4-5,7H2,1H3. The minimum absolute atomic E-state index is 0.0353. The van der Waals surface area contributed by atoms with Crippen molar-refractivity contribution in [2.45, 2.75) is 6.04 Å². The fourth-order valence-corrected chi connectivity index (χ4v) is 2.15. The molecule has 2 rings (SSSR count). The summed E-state index contributed by atoms with van der Waals surface area (Å²) in [6.07, 6.45) is 0. The van der Waals surface area contributed by atoms with E-state index >= 15 is 0 Å². The second kappa shape index (κ2) is 6.19. The van der Waals surface area contributed by atoms with Gasteiger partial charge in [-0.1, -0.05) is 11.6 Å². The van der Waals surface area contributed by atoms with Crippen molar-refractivity contribution in [3.8, 4) is 0 Å². The number of esters is 1. The fourth-order valence-electron chi connectivity index (χ4n) is 2.00. The normalized spacial score (nSPS) is 18.8. The lowest BCUT2D eigenvalue weighted by atomic mass is 10.1. The number of morpholine rings is 1. The van der Waals surface area contributed by atoms with Crippen molar-refractivity contribution >= 4 is 23.5 Å². The maximum absolute atomic E-state index is 13.8. The number of ether oxygens (including phenoxy) is 2. The van der Waals surface area contributed by atoms with Crippen LogP contribution in [-0.4, -0.2) is 49.7 Å². The van der Waals surface area contributed by atoms with Gasteiger partial charge in [0.15, 0.2) is 6.04 Å². The molecule has 1 aliphatic rings. The number of halogens is 2. The second-order valence-corrected chi connectivity index (χ2v) is 4.67. The first-order valence-electron chi connectivity index (χ1n) is 5.96. The first-order valence-corrected chi connectivity index (χ1v) is 6.34. The molecular weight excluding hydrogens is 289 g/mol. The van der Waals surface area contributed by atoms with Crippen molar-refractivity contribution in [3.63, 3.8) is 0 Å². The number of methoxy groups -OCH3 is 1. The number of hydrogen-bond acceptors (Lipinski definition) is 4. The number of amides is 1. The molecule has 1 amide bonds. The van der Waals surface area contributed by atoms with Gasteiger partial charge in [-0.3, -0.25) is 4.79 Å². The predicted octanol–water partition coefficient (Wildman–Crippen LogP) is 1.49. The molecule has 0 radical (unpaired) electrons. The Morgan fingerprint density at radius 2 is 2.25 bits per heavy atom. The molecule has 1 aliphatic heterocycles. The van der Waals surface area contributed by atoms with Gasteiger partial charge < -0.3 is 14.4 Å². The van der Waals surface area contributed by atoms with Crippen molar-refractivity contribution in [2.75, 3.05) is 26.9 Å². The number of carbonyl (C=O) groups excluding carboxylic acids is 2. The third-order valence-electron chi connectivity index (χ3n) is 3.02. The molecule has 108 valence electrons. The van der Waals surface area contributed by atoms with Gasteiger partial charge in [0.2, 0.25) is 0 Å².